The minimum atomic E-state index is -1.70. The molecule has 3 heteroatoms. The van der Waals surface area contributed by atoms with Crippen molar-refractivity contribution >= 4 is 19.7 Å². The molecule has 2 aromatic carbocycles. The monoisotopic (exact) mass is 327 g/mol. The SMILES string of the molecule is Cc1cc(CO[Si](C)(C)C(C)(C)C)ccc1Nc1ccccc1. The molecular formula is C20H29NOSi. The molecule has 0 aliphatic carbocycles. The molecule has 2 aromatic rings. The van der Waals surface area contributed by atoms with E-state index in [0.717, 1.165) is 11.4 Å². The zero-order valence-corrected chi connectivity index (χ0v) is 16.2. The van der Waals surface area contributed by atoms with Gasteiger partial charge >= 0.3 is 0 Å². The maximum Gasteiger partial charge on any atom is 0.192 e. The van der Waals surface area contributed by atoms with Gasteiger partial charge < -0.3 is 9.74 Å². The molecule has 0 fully saturated rings. The molecule has 2 nitrogen and oxygen atoms in total. The van der Waals surface area contributed by atoms with Gasteiger partial charge in [0.1, 0.15) is 0 Å². The van der Waals surface area contributed by atoms with Crippen LogP contribution in [0.15, 0.2) is 48.5 Å². The topological polar surface area (TPSA) is 21.3 Å². The highest BCUT2D eigenvalue weighted by atomic mass is 28.4. The summed E-state index contributed by atoms with van der Waals surface area (Å²) in [5.41, 5.74) is 4.74. The lowest BCUT2D eigenvalue weighted by Gasteiger charge is -2.36. The number of aryl methyl sites for hydroxylation is 1. The van der Waals surface area contributed by atoms with Crippen LogP contribution in [0.1, 0.15) is 31.9 Å². The molecule has 0 amide bonds. The van der Waals surface area contributed by atoms with Gasteiger partial charge in [-0.25, -0.2) is 0 Å². The number of benzene rings is 2. The van der Waals surface area contributed by atoms with Crippen LogP contribution in [0.4, 0.5) is 11.4 Å². The summed E-state index contributed by atoms with van der Waals surface area (Å²) < 4.78 is 6.31. The fourth-order valence-electron chi connectivity index (χ4n) is 2.11. The van der Waals surface area contributed by atoms with Gasteiger partial charge in [0.05, 0.1) is 6.61 Å². The Kier molecular flexibility index (Phi) is 5.32. The first-order valence-corrected chi connectivity index (χ1v) is 11.2. The van der Waals surface area contributed by atoms with Crippen LogP contribution in [0.5, 0.6) is 0 Å². The molecule has 0 heterocycles. The highest BCUT2D eigenvalue weighted by molar-refractivity contribution is 6.74. The smallest absolute Gasteiger partial charge is 0.192 e. The normalized spacial score (nSPS) is 12.3. The second-order valence-electron chi connectivity index (χ2n) is 7.69. The summed E-state index contributed by atoms with van der Waals surface area (Å²) in [7, 11) is -1.70. The first kappa shape index (κ1) is 17.8. The lowest BCUT2D eigenvalue weighted by Crippen LogP contribution is -2.40. The van der Waals surface area contributed by atoms with E-state index >= 15 is 0 Å². The molecule has 0 saturated carbocycles. The maximum absolute atomic E-state index is 6.31. The summed E-state index contributed by atoms with van der Waals surface area (Å²) in [6.45, 7) is 14.3. The Morgan fingerprint density at radius 2 is 1.65 bits per heavy atom. The van der Waals surface area contributed by atoms with Crippen LogP contribution in [0.3, 0.4) is 0 Å². The fraction of sp³-hybridized carbons (Fsp3) is 0.400. The Hall–Kier alpha value is -1.58. The van der Waals surface area contributed by atoms with Crippen molar-refractivity contribution in [3.8, 4) is 0 Å². The summed E-state index contributed by atoms with van der Waals surface area (Å²) in [5, 5.41) is 3.71. The van der Waals surface area contributed by atoms with E-state index in [1.165, 1.54) is 11.1 Å². The minimum absolute atomic E-state index is 0.247. The van der Waals surface area contributed by atoms with E-state index in [-0.39, 0.29) is 5.04 Å². The van der Waals surface area contributed by atoms with Gasteiger partial charge in [0.2, 0.25) is 0 Å². The van der Waals surface area contributed by atoms with Crippen LogP contribution in [-0.2, 0) is 11.0 Å². The van der Waals surface area contributed by atoms with Crippen LogP contribution in [-0.4, -0.2) is 8.32 Å². The molecule has 0 saturated heterocycles. The van der Waals surface area contributed by atoms with Crippen molar-refractivity contribution in [3.63, 3.8) is 0 Å². The molecular weight excluding hydrogens is 298 g/mol. The molecule has 0 aliphatic heterocycles. The van der Waals surface area contributed by atoms with Gasteiger partial charge in [0.25, 0.3) is 0 Å². The highest BCUT2D eigenvalue weighted by Gasteiger charge is 2.36. The molecule has 2 rings (SSSR count). The Bertz CT molecular complexity index is 644. The Balaban J connectivity index is 2.05. The third-order valence-electron chi connectivity index (χ3n) is 4.75. The minimum Gasteiger partial charge on any atom is -0.413 e. The van der Waals surface area contributed by atoms with Crippen LogP contribution in [0, 0.1) is 6.92 Å². The number of hydrogen-bond acceptors (Lipinski definition) is 2. The van der Waals surface area contributed by atoms with Gasteiger partial charge in [-0.15, -0.1) is 0 Å². The van der Waals surface area contributed by atoms with Crippen molar-refractivity contribution in [1.29, 1.82) is 0 Å². The maximum atomic E-state index is 6.31. The molecule has 0 aliphatic rings. The summed E-state index contributed by atoms with van der Waals surface area (Å²) in [6.07, 6.45) is 0. The van der Waals surface area contributed by atoms with E-state index in [2.05, 4.69) is 76.4 Å². The lowest BCUT2D eigenvalue weighted by atomic mass is 10.1. The van der Waals surface area contributed by atoms with Gasteiger partial charge in [-0.05, 0) is 54.4 Å². The van der Waals surface area contributed by atoms with Crippen molar-refractivity contribution in [2.45, 2.75) is 52.4 Å². The zero-order valence-electron chi connectivity index (χ0n) is 15.2. The van der Waals surface area contributed by atoms with Crippen molar-refractivity contribution in [1.82, 2.24) is 0 Å². The summed E-state index contributed by atoms with van der Waals surface area (Å²) in [6, 6.07) is 16.8. The van der Waals surface area contributed by atoms with Gasteiger partial charge in [0.15, 0.2) is 8.32 Å². The molecule has 0 radical (unpaired) electrons. The second-order valence-corrected chi connectivity index (χ2v) is 12.5. The third-order valence-corrected chi connectivity index (χ3v) is 9.23. The second kappa shape index (κ2) is 6.89. The summed E-state index contributed by atoms with van der Waals surface area (Å²) in [5.74, 6) is 0. The summed E-state index contributed by atoms with van der Waals surface area (Å²) in [4.78, 5) is 0. The van der Waals surface area contributed by atoms with Gasteiger partial charge in [0, 0.05) is 11.4 Å². The standard InChI is InChI=1S/C20H29NOSi/c1-16-14-17(15-22-23(5,6)20(2,3)4)12-13-19(16)21-18-10-8-7-9-11-18/h7-14,21H,15H2,1-6H3. The predicted molar refractivity (Wildman–Crippen MR) is 103 cm³/mol. The van der Waals surface area contributed by atoms with Crippen molar-refractivity contribution < 1.29 is 4.43 Å². The van der Waals surface area contributed by atoms with Crippen LogP contribution < -0.4 is 5.32 Å². The first-order valence-electron chi connectivity index (χ1n) is 8.25. The van der Waals surface area contributed by atoms with Crippen LogP contribution in [0.2, 0.25) is 18.1 Å². The van der Waals surface area contributed by atoms with E-state index < -0.39 is 8.32 Å². The fourth-order valence-corrected chi connectivity index (χ4v) is 3.07. The average Bonchev–Trinajstić information content (AvgIpc) is 2.48. The zero-order chi connectivity index (χ0) is 17.1. The molecule has 23 heavy (non-hydrogen) atoms. The van der Waals surface area contributed by atoms with Crippen LogP contribution >= 0.6 is 0 Å². The van der Waals surface area contributed by atoms with Crippen molar-refractivity contribution in [3.05, 3.63) is 59.7 Å². The van der Waals surface area contributed by atoms with Gasteiger partial charge in [-0.3, -0.25) is 0 Å². The van der Waals surface area contributed by atoms with Gasteiger partial charge in [-0.2, -0.15) is 0 Å². The molecule has 124 valence electrons. The third kappa shape index (κ3) is 4.69. The number of anilines is 2. The number of hydrogen-bond donors (Lipinski definition) is 1. The quantitative estimate of drug-likeness (QED) is 0.654. The van der Waals surface area contributed by atoms with E-state index in [0.29, 0.717) is 6.61 Å². The molecule has 0 spiro atoms. The Labute approximate surface area is 142 Å². The highest BCUT2D eigenvalue weighted by Crippen LogP contribution is 2.37. The van der Waals surface area contributed by atoms with E-state index in [4.69, 9.17) is 4.43 Å². The Morgan fingerprint density at radius 3 is 2.22 bits per heavy atom. The van der Waals surface area contributed by atoms with E-state index in [9.17, 15) is 0 Å². The molecule has 0 aromatic heterocycles. The lowest BCUT2D eigenvalue weighted by molar-refractivity contribution is 0.276. The van der Waals surface area contributed by atoms with Crippen LogP contribution in [0.25, 0.3) is 0 Å². The molecule has 1 N–H and O–H groups in total. The van der Waals surface area contributed by atoms with Gasteiger partial charge in [-0.1, -0.05) is 51.1 Å². The largest absolute Gasteiger partial charge is 0.413 e. The average molecular weight is 328 g/mol. The predicted octanol–water partition coefficient (Wildman–Crippen LogP) is 6.26. The first-order chi connectivity index (χ1) is 10.7. The summed E-state index contributed by atoms with van der Waals surface area (Å²) >= 11 is 0. The van der Waals surface area contributed by atoms with Crippen molar-refractivity contribution in [2.24, 2.45) is 0 Å². The van der Waals surface area contributed by atoms with Crippen molar-refractivity contribution in [2.75, 3.05) is 5.32 Å². The molecule has 0 unspecified atom stereocenters. The Morgan fingerprint density at radius 1 is 1.00 bits per heavy atom. The van der Waals surface area contributed by atoms with E-state index in [1.54, 1.807) is 0 Å². The number of rotatable bonds is 5. The van der Waals surface area contributed by atoms with E-state index in [1.807, 2.05) is 18.2 Å². The number of para-hydroxylation sites is 1. The number of nitrogens with one attached hydrogen (secondary N) is 1. The molecule has 0 bridgehead atoms. The molecule has 0 atom stereocenters.